The van der Waals surface area contributed by atoms with E-state index in [2.05, 4.69) is 167 Å². The molecule has 4 aromatic heterocycles. The third-order valence-corrected chi connectivity index (χ3v) is 12.4. The summed E-state index contributed by atoms with van der Waals surface area (Å²) >= 11 is 1.88. The molecule has 0 unspecified atom stereocenters. The van der Waals surface area contributed by atoms with E-state index in [1.165, 1.54) is 97.1 Å². The Kier molecular flexibility index (Phi) is 5.77. The molecule has 1 aliphatic carbocycles. The van der Waals surface area contributed by atoms with Crippen LogP contribution >= 0.6 is 11.3 Å². The van der Waals surface area contributed by atoms with Crippen molar-refractivity contribution in [3.63, 3.8) is 0 Å². The number of hydrogen-bond donors (Lipinski definition) is 0. The lowest BCUT2D eigenvalue weighted by molar-refractivity contribution is 0.673. The van der Waals surface area contributed by atoms with Crippen LogP contribution < -0.4 is 0 Å². The molecule has 244 valence electrons. The van der Waals surface area contributed by atoms with E-state index in [-0.39, 0.29) is 0 Å². The molecule has 3 nitrogen and oxygen atoms in total. The maximum absolute atomic E-state index is 6.75. The van der Waals surface area contributed by atoms with Gasteiger partial charge in [-0.1, -0.05) is 109 Å². The molecule has 4 heteroatoms. The lowest BCUT2D eigenvalue weighted by Crippen LogP contribution is -2.01. The molecule has 0 saturated heterocycles. The van der Waals surface area contributed by atoms with E-state index < -0.39 is 0 Å². The Hall–Kier alpha value is -6.36. The molecule has 0 atom stereocenters. The van der Waals surface area contributed by atoms with Gasteiger partial charge >= 0.3 is 0 Å². The van der Waals surface area contributed by atoms with E-state index in [9.17, 15) is 0 Å². The lowest BCUT2D eigenvalue weighted by atomic mass is 9.95. The number of nitrogens with zero attached hydrogens (tertiary/aromatic N) is 2. The lowest BCUT2D eigenvalue weighted by Gasteiger charge is -2.19. The second-order valence-electron chi connectivity index (χ2n) is 13.9. The first-order chi connectivity index (χ1) is 25.8. The van der Waals surface area contributed by atoms with E-state index in [1.807, 2.05) is 11.3 Å². The van der Waals surface area contributed by atoms with Gasteiger partial charge in [0.2, 0.25) is 0 Å². The summed E-state index contributed by atoms with van der Waals surface area (Å²) in [5.41, 5.74) is 12.1. The second kappa shape index (κ2) is 10.6. The van der Waals surface area contributed by atoms with E-state index in [1.54, 1.807) is 0 Å². The van der Waals surface area contributed by atoms with Crippen molar-refractivity contribution in [2.75, 3.05) is 0 Å². The minimum absolute atomic E-state index is 0.937. The maximum atomic E-state index is 6.75. The third kappa shape index (κ3) is 3.79. The summed E-state index contributed by atoms with van der Waals surface area (Å²) in [4.78, 5) is 0. The van der Waals surface area contributed by atoms with Gasteiger partial charge in [0.15, 0.2) is 0 Å². The summed E-state index contributed by atoms with van der Waals surface area (Å²) in [6.45, 7) is 0. The average molecular weight is 683 g/mol. The van der Waals surface area contributed by atoms with Crippen LogP contribution in [-0.2, 0) is 0 Å². The van der Waals surface area contributed by atoms with Crippen molar-refractivity contribution in [3.8, 4) is 5.69 Å². The van der Waals surface area contributed by atoms with Gasteiger partial charge in [0, 0.05) is 59.2 Å². The molecule has 12 rings (SSSR count). The van der Waals surface area contributed by atoms with Crippen molar-refractivity contribution < 1.29 is 4.42 Å². The quantitative estimate of drug-likeness (QED) is 0.182. The van der Waals surface area contributed by atoms with Crippen LogP contribution in [0.3, 0.4) is 0 Å². The monoisotopic (exact) mass is 682 g/mol. The van der Waals surface area contributed by atoms with Crippen LogP contribution in [-0.4, -0.2) is 9.13 Å². The summed E-state index contributed by atoms with van der Waals surface area (Å²) in [5, 5.41) is 9.99. The number of para-hydroxylation sites is 4. The van der Waals surface area contributed by atoms with Crippen LogP contribution in [0.15, 0.2) is 162 Å². The Morgan fingerprint density at radius 1 is 0.481 bits per heavy atom. The van der Waals surface area contributed by atoms with Gasteiger partial charge in [-0.25, -0.2) is 0 Å². The van der Waals surface area contributed by atoms with Gasteiger partial charge in [0.25, 0.3) is 0 Å². The van der Waals surface area contributed by atoms with E-state index in [4.69, 9.17) is 4.42 Å². The fourth-order valence-corrected chi connectivity index (χ4v) is 10.2. The highest BCUT2D eigenvalue weighted by Crippen LogP contribution is 2.51. The van der Waals surface area contributed by atoms with Crippen molar-refractivity contribution in [2.24, 2.45) is 0 Å². The molecule has 7 aromatic carbocycles. The Balaban J connectivity index is 1.05. The van der Waals surface area contributed by atoms with Crippen LogP contribution in [0.25, 0.3) is 103 Å². The smallest absolute Gasteiger partial charge is 0.145 e. The van der Waals surface area contributed by atoms with Crippen LogP contribution in [0.1, 0.15) is 18.4 Å². The maximum Gasteiger partial charge on any atom is 0.145 e. The van der Waals surface area contributed by atoms with Gasteiger partial charge in [0.1, 0.15) is 11.2 Å². The van der Waals surface area contributed by atoms with E-state index in [0.717, 1.165) is 24.0 Å². The summed E-state index contributed by atoms with van der Waals surface area (Å²) in [6.07, 6.45) is 6.64. The first-order valence-corrected chi connectivity index (χ1v) is 18.8. The highest BCUT2D eigenvalue weighted by molar-refractivity contribution is 7.27. The van der Waals surface area contributed by atoms with Gasteiger partial charge in [-0.05, 0) is 72.5 Å². The molecule has 4 heterocycles. The molecular formula is C48H30N2OS. The number of aromatic nitrogens is 2. The van der Waals surface area contributed by atoms with Gasteiger partial charge in [-0.2, -0.15) is 0 Å². The number of thiophene rings is 1. The normalized spacial score (nSPS) is 13.8. The topological polar surface area (TPSA) is 23.0 Å². The zero-order chi connectivity index (χ0) is 33.9. The van der Waals surface area contributed by atoms with Crippen LogP contribution in [0.2, 0.25) is 0 Å². The zero-order valence-corrected chi connectivity index (χ0v) is 29.0. The molecule has 0 radical (unpaired) electrons. The Bertz CT molecular complexity index is 3290. The molecular weight excluding hydrogens is 653 g/mol. The second-order valence-corrected chi connectivity index (χ2v) is 15.0. The largest absolute Gasteiger partial charge is 0.455 e. The van der Waals surface area contributed by atoms with Gasteiger partial charge < -0.3 is 13.6 Å². The van der Waals surface area contributed by atoms with Crippen LogP contribution in [0.4, 0.5) is 0 Å². The van der Waals surface area contributed by atoms with Crippen molar-refractivity contribution >= 4 is 108 Å². The minimum Gasteiger partial charge on any atom is -0.455 e. The van der Waals surface area contributed by atoms with Crippen molar-refractivity contribution in [3.05, 3.63) is 163 Å². The van der Waals surface area contributed by atoms with Gasteiger partial charge in [-0.3, -0.25) is 0 Å². The fourth-order valence-electron chi connectivity index (χ4n) is 8.99. The number of fused-ring (bicyclic) bond motifs is 15. The molecule has 11 aromatic rings. The SMILES string of the molecule is C1=C(c2ccc(-n3c4ccccc4c4ccccc43)cc2)CCC(n2c3ccccc3c3c4c5ccccc5oc4c4c5ccccc5sc4c32)=C1. The number of allylic oxidation sites excluding steroid dienone is 4. The highest BCUT2D eigenvalue weighted by atomic mass is 32.1. The van der Waals surface area contributed by atoms with Crippen molar-refractivity contribution in [2.45, 2.75) is 12.8 Å². The molecule has 1 aliphatic rings. The molecule has 0 aliphatic heterocycles. The Labute approximate surface area is 302 Å². The third-order valence-electron chi connectivity index (χ3n) is 11.2. The summed E-state index contributed by atoms with van der Waals surface area (Å²) < 4.78 is 14.3. The number of furan rings is 1. The molecule has 0 saturated carbocycles. The van der Waals surface area contributed by atoms with Crippen LogP contribution in [0, 0.1) is 0 Å². The summed E-state index contributed by atoms with van der Waals surface area (Å²) in [6, 6.07) is 52.8. The fraction of sp³-hybridized carbons (Fsp3) is 0.0417. The molecule has 0 bridgehead atoms. The highest BCUT2D eigenvalue weighted by Gasteiger charge is 2.26. The van der Waals surface area contributed by atoms with E-state index in [0.29, 0.717) is 0 Å². The van der Waals surface area contributed by atoms with Gasteiger partial charge in [-0.15, -0.1) is 11.3 Å². The predicted molar refractivity (Wildman–Crippen MR) is 222 cm³/mol. The van der Waals surface area contributed by atoms with Crippen molar-refractivity contribution in [1.82, 2.24) is 9.13 Å². The molecule has 0 fully saturated rings. The first kappa shape index (κ1) is 28.3. The number of benzene rings is 7. The zero-order valence-electron chi connectivity index (χ0n) is 28.1. The predicted octanol–water partition coefficient (Wildman–Crippen LogP) is 13.9. The Morgan fingerprint density at radius 2 is 1.10 bits per heavy atom. The summed E-state index contributed by atoms with van der Waals surface area (Å²) in [7, 11) is 0. The molecule has 52 heavy (non-hydrogen) atoms. The Morgan fingerprint density at radius 3 is 1.81 bits per heavy atom. The molecule has 0 N–H and O–H groups in total. The van der Waals surface area contributed by atoms with Gasteiger partial charge in [0.05, 0.1) is 26.8 Å². The standard InChI is InChI=1S/C48H30N2OS/c1-6-16-38-33(11-1)34-12-2-7-17-39(34)49(38)31-25-21-29(22-26-31)30-23-27-32(28-24-30)50-40-18-8-3-13-35(40)43-44-36-14-4-9-19-41(36)51-47(44)45-37-15-5-10-20-42(37)52-48(45)46(43)50/h1-23,25-27H,24,28H2. The van der Waals surface area contributed by atoms with Crippen LogP contribution in [0.5, 0.6) is 0 Å². The average Bonchev–Trinajstić information content (AvgIpc) is 3.96. The first-order valence-electron chi connectivity index (χ1n) is 18.0. The number of hydrogen-bond acceptors (Lipinski definition) is 2. The van der Waals surface area contributed by atoms with Crippen molar-refractivity contribution in [1.29, 1.82) is 0 Å². The molecule has 0 spiro atoms. The number of rotatable bonds is 3. The minimum atomic E-state index is 0.937. The summed E-state index contributed by atoms with van der Waals surface area (Å²) in [5.74, 6) is 0. The molecule has 0 amide bonds. The van der Waals surface area contributed by atoms with E-state index >= 15 is 0 Å².